The van der Waals surface area contributed by atoms with E-state index < -0.39 is 17.3 Å². The van der Waals surface area contributed by atoms with Crippen LogP contribution in [-0.4, -0.2) is 29.7 Å². The minimum atomic E-state index is -4.32. The first-order valence-corrected chi connectivity index (χ1v) is 8.29. The highest BCUT2D eigenvalue weighted by atomic mass is 19.4. The second kappa shape index (κ2) is 7.10. The highest BCUT2D eigenvalue weighted by Gasteiger charge is 2.33. The van der Waals surface area contributed by atoms with Crippen molar-refractivity contribution < 1.29 is 22.7 Å². The molecule has 0 N–H and O–H groups in total. The Bertz CT molecular complexity index is 630. The lowest BCUT2D eigenvalue weighted by Crippen LogP contribution is -2.35. The van der Waals surface area contributed by atoms with Crippen LogP contribution in [0.2, 0.25) is 0 Å². The molecule has 138 valence electrons. The molecule has 1 saturated heterocycles. The summed E-state index contributed by atoms with van der Waals surface area (Å²) in [5.41, 5.74) is -0.486. The highest BCUT2D eigenvalue weighted by molar-refractivity contribution is 5.68. The van der Waals surface area contributed by atoms with Crippen molar-refractivity contribution in [3.05, 3.63) is 41.5 Å². The SMILES string of the molecule is CC1CN(C(=O)OC(C)(C)C)CC1/C=C/c1ccc(C(F)(F)F)cc1. The number of alkyl halides is 3. The topological polar surface area (TPSA) is 29.5 Å². The summed E-state index contributed by atoms with van der Waals surface area (Å²) in [5.74, 6) is 0.410. The molecule has 6 heteroatoms. The number of likely N-dealkylation sites (tertiary alicyclic amines) is 1. The van der Waals surface area contributed by atoms with Crippen LogP contribution in [0.3, 0.4) is 0 Å². The number of halogens is 3. The normalized spacial score (nSPS) is 21.8. The predicted molar refractivity (Wildman–Crippen MR) is 90.9 cm³/mol. The van der Waals surface area contributed by atoms with Crippen molar-refractivity contribution in [3.63, 3.8) is 0 Å². The van der Waals surface area contributed by atoms with Crippen LogP contribution in [0.1, 0.15) is 38.8 Å². The number of benzene rings is 1. The molecule has 25 heavy (non-hydrogen) atoms. The van der Waals surface area contributed by atoms with E-state index >= 15 is 0 Å². The van der Waals surface area contributed by atoms with E-state index in [-0.39, 0.29) is 17.9 Å². The van der Waals surface area contributed by atoms with Crippen LogP contribution in [0.25, 0.3) is 6.08 Å². The van der Waals surface area contributed by atoms with Crippen LogP contribution in [0.15, 0.2) is 30.3 Å². The Morgan fingerprint density at radius 1 is 1.16 bits per heavy atom. The number of hydrogen-bond donors (Lipinski definition) is 0. The molecular formula is C19H24F3NO2. The van der Waals surface area contributed by atoms with Gasteiger partial charge < -0.3 is 9.64 Å². The molecule has 2 atom stereocenters. The minimum absolute atomic E-state index is 0.148. The maximum Gasteiger partial charge on any atom is 0.416 e. The Morgan fingerprint density at radius 2 is 1.76 bits per heavy atom. The highest BCUT2D eigenvalue weighted by Crippen LogP contribution is 2.30. The first-order chi connectivity index (χ1) is 11.5. The van der Waals surface area contributed by atoms with E-state index in [2.05, 4.69) is 0 Å². The van der Waals surface area contributed by atoms with Gasteiger partial charge >= 0.3 is 12.3 Å². The Hall–Kier alpha value is -1.98. The molecule has 3 nitrogen and oxygen atoms in total. The Balaban J connectivity index is 1.98. The Morgan fingerprint density at radius 3 is 2.28 bits per heavy atom. The van der Waals surface area contributed by atoms with Crippen LogP contribution >= 0.6 is 0 Å². The van der Waals surface area contributed by atoms with Crippen LogP contribution in [0.4, 0.5) is 18.0 Å². The average Bonchev–Trinajstić information content (AvgIpc) is 2.84. The molecule has 1 heterocycles. The van der Waals surface area contributed by atoms with Crippen molar-refractivity contribution >= 4 is 12.2 Å². The predicted octanol–water partition coefficient (Wildman–Crippen LogP) is 5.22. The zero-order valence-corrected chi connectivity index (χ0v) is 14.9. The van der Waals surface area contributed by atoms with Crippen molar-refractivity contribution in [3.8, 4) is 0 Å². The van der Waals surface area contributed by atoms with Gasteiger partial charge in [0.25, 0.3) is 0 Å². The number of amides is 1. The van der Waals surface area contributed by atoms with Gasteiger partial charge in [-0.1, -0.05) is 31.2 Å². The Labute approximate surface area is 146 Å². The molecule has 1 aliphatic heterocycles. The summed E-state index contributed by atoms with van der Waals surface area (Å²) in [5, 5.41) is 0. The van der Waals surface area contributed by atoms with Crippen molar-refractivity contribution in [2.45, 2.75) is 39.5 Å². The number of hydrogen-bond acceptors (Lipinski definition) is 2. The molecule has 0 aromatic heterocycles. The van der Waals surface area contributed by atoms with E-state index in [0.29, 0.717) is 18.7 Å². The summed E-state index contributed by atoms with van der Waals surface area (Å²) in [4.78, 5) is 13.8. The Kier molecular flexibility index (Phi) is 5.49. The lowest BCUT2D eigenvalue weighted by atomic mass is 9.97. The van der Waals surface area contributed by atoms with Gasteiger partial charge in [-0.25, -0.2) is 4.79 Å². The third-order valence-electron chi connectivity index (χ3n) is 4.10. The number of carbonyl (C=O) groups excluding carboxylic acids is 1. The van der Waals surface area contributed by atoms with E-state index in [0.717, 1.165) is 12.1 Å². The first-order valence-electron chi connectivity index (χ1n) is 8.29. The maximum absolute atomic E-state index is 12.6. The van der Waals surface area contributed by atoms with Gasteiger partial charge in [-0.05, 0) is 50.3 Å². The van der Waals surface area contributed by atoms with Gasteiger partial charge in [-0.15, -0.1) is 0 Å². The van der Waals surface area contributed by atoms with Crippen molar-refractivity contribution in [2.24, 2.45) is 11.8 Å². The summed E-state index contributed by atoms with van der Waals surface area (Å²) >= 11 is 0. The van der Waals surface area contributed by atoms with Crippen LogP contribution < -0.4 is 0 Å². The summed E-state index contributed by atoms with van der Waals surface area (Å²) in [7, 11) is 0. The van der Waals surface area contributed by atoms with E-state index in [4.69, 9.17) is 4.74 Å². The molecule has 2 rings (SSSR count). The zero-order valence-electron chi connectivity index (χ0n) is 14.9. The van der Waals surface area contributed by atoms with Gasteiger partial charge in [-0.3, -0.25) is 0 Å². The maximum atomic E-state index is 12.6. The number of nitrogens with zero attached hydrogens (tertiary/aromatic N) is 1. The molecule has 1 aromatic rings. The fraction of sp³-hybridized carbons (Fsp3) is 0.526. The molecule has 1 fully saturated rings. The molecule has 0 radical (unpaired) electrons. The summed E-state index contributed by atoms with van der Waals surface area (Å²) in [6, 6.07) is 5.05. The number of rotatable bonds is 2. The number of ether oxygens (including phenoxy) is 1. The van der Waals surface area contributed by atoms with Gasteiger partial charge in [0.2, 0.25) is 0 Å². The van der Waals surface area contributed by atoms with Gasteiger partial charge in [0.05, 0.1) is 5.56 Å². The van der Waals surface area contributed by atoms with E-state index in [1.165, 1.54) is 12.1 Å². The van der Waals surface area contributed by atoms with Crippen LogP contribution in [0.5, 0.6) is 0 Å². The third-order valence-corrected chi connectivity index (χ3v) is 4.10. The molecule has 2 unspecified atom stereocenters. The van der Waals surface area contributed by atoms with Gasteiger partial charge in [-0.2, -0.15) is 13.2 Å². The van der Waals surface area contributed by atoms with Crippen LogP contribution in [-0.2, 0) is 10.9 Å². The van der Waals surface area contributed by atoms with Gasteiger partial charge in [0, 0.05) is 13.1 Å². The molecule has 0 bridgehead atoms. The molecule has 1 amide bonds. The summed E-state index contributed by atoms with van der Waals surface area (Å²) in [6.45, 7) is 8.68. The second-order valence-corrected chi connectivity index (χ2v) is 7.51. The molecular weight excluding hydrogens is 331 g/mol. The standard InChI is InChI=1S/C19H24F3NO2/c1-13-11-23(17(24)25-18(2,3)4)12-15(13)8-5-14-6-9-16(10-7-14)19(20,21)22/h5-10,13,15H,11-12H2,1-4H3/b8-5+. The fourth-order valence-electron chi connectivity index (χ4n) is 2.74. The lowest BCUT2D eigenvalue weighted by Gasteiger charge is -2.24. The van der Waals surface area contributed by atoms with Crippen molar-refractivity contribution in [2.75, 3.05) is 13.1 Å². The fourth-order valence-corrected chi connectivity index (χ4v) is 2.74. The molecule has 1 aromatic carbocycles. The first kappa shape index (κ1) is 19.3. The monoisotopic (exact) mass is 355 g/mol. The largest absolute Gasteiger partial charge is 0.444 e. The van der Waals surface area contributed by atoms with Gasteiger partial charge in [0.15, 0.2) is 0 Å². The molecule has 0 spiro atoms. The molecule has 1 aliphatic rings. The van der Waals surface area contributed by atoms with E-state index in [9.17, 15) is 18.0 Å². The van der Waals surface area contributed by atoms with Gasteiger partial charge in [0.1, 0.15) is 5.60 Å². The quantitative estimate of drug-likeness (QED) is 0.728. The van der Waals surface area contributed by atoms with E-state index in [1.807, 2.05) is 33.8 Å². The molecule has 0 aliphatic carbocycles. The summed E-state index contributed by atoms with van der Waals surface area (Å²) in [6.07, 6.45) is -0.891. The molecule has 0 saturated carbocycles. The smallest absolute Gasteiger partial charge is 0.416 e. The third kappa shape index (κ3) is 5.51. The van der Waals surface area contributed by atoms with Crippen molar-refractivity contribution in [1.82, 2.24) is 4.90 Å². The minimum Gasteiger partial charge on any atom is -0.444 e. The average molecular weight is 355 g/mol. The van der Waals surface area contributed by atoms with Crippen molar-refractivity contribution in [1.29, 1.82) is 0 Å². The summed E-state index contributed by atoms with van der Waals surface area (Å²) < 4.78 is 43.1. The lowest BCUT2D eigenvalue weighted by molar-refractivity contribution is -0.137. The van der Waals surface area contributed by atoms with E-state index in [1.54, 1.807) is 11.0 Å². The number of carbonyl (C=O) groups is 1. The van der Waals surface area contributed by atoms with Crippen LogP contribution in [0, 0.1) is 11.8 Å². The zero-order chi connectivity index (χ0) is 18.8. The second-order valence-electron chi connectivity index (χ2n) is 7.51.